The van der Waals surface area contributed by atoms with Gasteiger partial charge in [-0.2, -0.15) is 5.06 Å². The zero-order valence-corrected chi connectivity index (χ0v) is 14.8. The smallest absolute Gasteiger partial charge is 0.313 e. The lowest BCUT2D eigenvalue weighted by Crippen LogP contribution is -2.36. The number of fused-ring (bicyclic) bond motifs is 1. The molecule has 0 unspecified atom stereocenters. The second-order valence-corrected chi connectivity index (χ2v) is 6.86. The van der Waals surface area contributed by atoms with Crippen LogP contribution in [-0.4, -0.2) is 35.9 Å². The summed E-state index contributed by atoms with van der Waals surface area (Å²) in [6.45, 7) is 3.45. The minimum atomic E-state index is -0.331. The van der Waals surface area contributed by atoms with Crippen molar-refractivity contribution in [2.75, 3.05) is 6.61 Å². The van der Waals surface area contributed by atoms with Crippen molar-refractivity contribution in [1.82, 2.24) is 5.06 Å². The molecule has 2 aromatic carbocycles. The lowest BCUT2D eigenvalue weighted by atomic mass is 9.94. The molecule has 136 valence electrons. The minimum Gasteiger partial charge on any atom is -0.464 e. The summed E-state index contributed by atoms with van der Waals surface area (Å²) in [6, 6.07) is 20.0. The van der Waals surface area contributed by atoms with Crippen LogP contribution in [0.3, 0.4) is 0 Å². The van der Waals surface area contributed by atoms with Gasteiger partial charge in [-0.3, -0.25) is 9.63 Å². The number of rotatable bonds is 6. The van der Waals surface area contributed by atoms with E-state index in [1.165, 1.54) is 0 Å². The normalized spacial score (nSPS) is 26.5. The molecule has 0 amide bonds. The predicted molar refractivity (Wildman–Crippen MR) is 95.8 cm³/mol. The molecule has 0 aromatic heterocycles. The first-order valence-electron chi connectivity index (χ1n) is 9.02. The van der Waals surface area contributed by atoms with Crippen LogP contribution in [0.4, 0.5) is 0 Å². The molecule has 5 heteroatoms. The summed E-state index contributed by atoms with van der Waals surface area (Å²) in [4.78, 5) is 18.4. The van der Waals surface area contributed by atoms with E-state index < -0.39 is 0 Å². The van der Waals surface area contributed by atoms with E-state index in [0.717, 1.165) is 11.1 Å². The van der Waals surface area contributed by atoms with E-state index in [-0.39, 0.29) is 30.1 Å². The van der Waals surface area contributed by atoms with Gasteiger partial charge in [0.25, 0.3) is 0 Å². The van der Waals surface area contributed by atoms with Gasteiger partial charge in [0.2, 0.25) is 0 Å². The van der Waals surface area contributed by atoms with Crippen molar-refractivity contribution in [1.29, 1.82) is 0 Å². The third-order valence-corrected chi connectivity index (χ3v) is 5.06. The monoisotopic (exact) mass is 353 g/mol. The second kappa shape index (κ2) is 7.58. The number of carbonyl (C=O) groups is 1. The molecule has 2 heterocycles. The molecular weight excluding hydrogens is 330 g/mol. The van der Waals surface area contributed by atoms with E-state index in [1.54, 1.807) is 0 Å². The molecule has 2 fully saturated rings. The molecule has 0 saturated carbocycles. The summed E-state index contributed by atoms with van der Waals surface area (Å²) in [5, 5.41) is 1.89. The predicted octanol–water partition coefficient (Wildman–Crippen LogP) is 2.95. The topological polar surface area (TPSA) is 48.0 Å². The molecule has 2 aliphatic heterocycles. The fourth-order valence-electron chi connectivity index (χ4n) is 3.63. The van der Waals surface area contributed by atoms with Gasteiger partial charge in [0.1, 0.15) is 18.6 Å². The first-order valence-corrected chi connectivity index (χ1v) is 9.02. The van der Waals surface area contributed by atoms with Gasteiger partial charge in [0, 0.05) is 6.54 Å². The molecule has 0 aliphatic carbocycles. The Morgan fingerprint density at radius 2 is 1.73 bits per heavy atom. The van der Waals surface area contributed by atoms with E-state index >= 15 is 0 Å². The summed E-state index contributed by atoms with van der Waals surface area (Å²) >= 11 is 0. The van der Waals surface area contributed by atoms with Crippen LogP contribution in [0.15, 0.2) is 60.7 Å². The highest BCUT2D eigenvalue weighted by Crippen LogP contribution is 2.37. The van der Waals surface area contributed by atoms with Gasteiger partial charge in [0.05, 0.1) is 18.8 Å². The zero-order chi connectivity index (χ0) is 17.9. The molecule has 2 aromatic rings. The van der Waals surface area contributed by atoms with Crippen LogP contribution >= 0.6 is 0 Å². The number of benzene rings is 2. The standard InChI is InChI=1S/C21H23NO4/c1-15(24-13-17-10-6-3-7-11-17)20-19-18(14-25-21(19)23)22(26-20)12-16-8-4-2-5-9-16/h2-11,15,18-20H,12-14H2,1H3/t15-,18+,19-,20+/m0/s1. The fraction of sp³-hybridized carbons (Fsp3) is 0.381. The molecule has 26 heavy (non-hydrogen) atoms. The zero-order valence-electron chi connectivity index (χ0n) is 14.8. The van der Waals surface area contributed by atoms with Crippen LogP contribution in [0.25, 0.3) is 0 Å². The number of carbonyl (C=O) groups excluding carboxylic acids is 1. The molecule has 5 nitrogen and oxygen atoms in total. The number of hydroxylamine groups is 2. The summed E-state index contributed by atoms with van der Waals surface area (Å²) in [5.74, 6) is -0.491. The maximum absolute atomic E-state index is 12.3. The number of ether oxygens (including phenoxy) is 2. The van der Waals surface area contributed by atoms with Crippen molar-refractivity contribution in [2.45, 2.75) is 38.3 Å². The first-order chi connectivity index (χ1) is 12.7. The molecule has 0 N–H and O–H groups in total. The molecule has 4 rings (SSSR count). The molecule has 0 radical (unpaired) electrons. The molecule has 2 saturated heterocycles. The molecule has 4 atom stereocenters. The maximum atomic E-state index is 12.3. The second-order valence-electron chi connectivity index (χ2n) is 6.86. The van der Waals surface area contributed by atoms with E-state index in [1.807, 2.05) is 60.5 Å². The quantitative estimate of drug-likeness (QED) is 0.748. The van der Waals surface area contributed by atoms with Crippen LogP contribution in [-0.2, 0) is 32.3 Å². The SMILES string of the molecule is C[C@H](OCc1ccccc1)[C@H]1ON(Cc2ccccc2)[C@@H]2COC(=O)[C@H]12. The van der Waals surface area contributed by atoms with Crippen LogP contribution in [0.5, 0.6) is 0 Å². The van der Waals surface area contributed by atoms with Crippen LogP contribution in [0.2, 0.25) is 0 Å². The Morgan fingerprint density at radius 3 is 2.42 bits per heavy atom. The van der Waals surface area contributed by atoms with Crippen molar-refractivity contribution in [2.24, 2.45) is 5.92 Å². The van der Waals surface area contributed by atoms with Gasteiger partial charge in [-0.1, -0.05) is 60.7 Å². The minimum absolute atomic E-state index is 0.0597. The highest BCUT2D eigenvalue weighted by Gasteiger charge is 2.54. The Hall–Kier alpha value is -2.21. The van der Waals surface area contributed by atoms with Gasteiger partial charge >= 0.3 is 5.97 Å². The Kier molecular flexibility index (Phi) is 5.02. The Balaban J connectivity index is 1.44. The summed E-state index contributed by atoms with van der Waals surface area (Å²) in [6.07, 6.45) is -0.545. The maximum Gasteiger partial charge on any atom is 0.313 e. The molecule has 2 aliphatic rings. The van der Waals surface area contributed by atoms with E-state index in [2.05, 4.69) is 12.1 Å². The van der Waals surface area contributed by atoms with Crippen molar-refractivity contribution < 1.29 is 19.1 Å². The fourth-order valence-corrected chi connectivity index (χ4v) is 3.63. The van der Waals surface area contributed by atoms with E-state index in [9.17, 15) is 4.79 Å². The largest absolute Gasteiger partial charge is 0.464 e. The van der Waals surface area contributed by atoms with Gasteiger partial charge in [0.15, 0.2) is 0 Å². The highest BCUT2D eigenvalue weighted by molar-refractivity contribution is 5.76. The Labute approximate surface area is 153 Å². The Bertz CT molecular complexity index is 736. The number of cyclic esters (lactones) is 1. The Morgan fingerprint density at radius 1 is 1.08 bits per heavy atom. The lowest BCUT2D eigenvalue weighted by Gasteiger charge is -2.24. The van der Waals surface area contributed by atoms with Crippen molar-refractivity contribution in [3.8, 4) is 0 Å². The number of nitrogens with zero attached hydrogens (tertiary/aromatic N) is 1. The van der Waals surface area contributed by atoms with Crippen LogP contribution < -0.4 is 0 Å². The van der Waals surface area contributed by atoms with Gasteiger partial charge in [-0.15, -0.1) is 0 Å². The number of esters is 1. The van der Waals surface area contributed by atoms with Crippen molar-refractivity contribution in [3.63, 3.8) is 0 Å². The van der Waals surface area contributed by atoms with Gasteiger partial charge < -0.3 is 9.47 Å². The summed E-state index contributed by atoms with van der Waals surface area (Å²) in [5.41, 5.74) is 2.24. The average Bonchev–Trinajstić information content (AvgIpc) is 3.23. The lowest BCUT2D eigenvalue weighted by molar-refractivity contribution is -0.207. The molecular formula is C21H23NO4. The summed E-state index contributed by atoms with van der Waals surface area (Å²) < 4.78 is 11.3. The van der Waals surface area contributed by atoms with Gasteiger partial charge in [-0.25, -0.2) is 0 Å². The molecule has 0 spiro atoms. The third-order valence-electron chi connectivity index (χ3n) is 5.06. The van der Waals surface area contributed by atoms with Crippen molar-refractivity contribution >= 4 is 5.97 Å². The van der Waals surface area contributed by atoms with Crippen LogP contribution in [0, 0.1) is 5.92 Å². The van der Waals surface area contributed by atoms with Crippen LogP contribution in [0.1, 0.15) is 18.1 Å². The number of hydrogen-bond acceptors (Lipinski definition) is 5. The van der Waals surface area contributed by atoms with E-state index in [0.29, 0.717) is 19.8 Å². The molecule has 0 bridgehead atoms. The third kappa shape index (κ3) is 3.51. The first kappa shape index (κ1) is 17.2. The summed E-state index contributed by atoms with van der Waals surface area (Å²) in [7, 11) is 0. The number of hydrogen-bond donors (Lipinski definition) is 0. The average molecular weight is 353 g/mol. The van der Waals surface area contributed by atoms with Gasteiger partial charge in [-0.05, 0) is 18.1 Å². The highest BCUT2D eigenvalue weighted by atomic mass is 16.7. The van der Waals surface area contributed by atoms with E-state index in [4.69, 9.17) is 14.3 Å². The van der Waals surface area contributed by atoms with Crippen molar-refractivity contribution in [3.05, 3.63) is 71.8 Å².